The van der Waals surface area contributed by atoms with Gasteiger partial charge in [0, 0.05) is 0 Å². The molecule has 0 saturated heterocycles. The molecule has 0 amide bonds. The molecule has 2 N–H and O–H groups in total. The monoisotopic (exact) mass is 249 g/mol. The van der Waals surface area contributed by atoms with E-state index in [0.717, 1.165) is 0 Å². The van der Waals surface area contributed by atoms with Crippen LogP contribution in [0.3, 0.4) is 0 Å². The minimum atomic E-state index is -0.467. The van der Waals surface area contributed by atoms with Crippen LogP contribution in [0, 0.1) is 10.1 Å². The molecule has 0 bridgehead atoms. The maximum Gasteiger partial charge on any atom is 0.296 e. The van der Waals surface area contributed by atoms with Crippen LogP contribution in [0.15, 0.2) is 24.5 Å². The number of ether oxygens (including phenoxy) is 1. The molecule has 1 aromatic heterocycles. The van der Waals surface area contributed by atoms with E-state index in [0.29, 0.717) is 23.8 Å². The Morgan fingerprint density at radius 2 is 2.39 bits per heavy atom. The number of hydrogen-bond acceptors (Lipinski definition) is 6. The Morgan fingerprint density at radius 3 is 3.00 bits per heavy atom. The molecule has 0 aliphatic carbocycles. The van der Waals surface area contributed by atoms with Crippen LogP contribution in [0.2, 0.25) is 0 Å². The van der Waals surface area contributed by atoms with E-state index in [9.17, 15) is 10.1 Å². The van der Waals surface area contributed by atoms with Gasteiger partial charge in [-0.2, -0.15) is 5.10 Å². The number of anilines is 1. The van der Waals surface area contributed by atoms with Crippen LogP contribution in [0.5, 0.6) is 5.75 Å². The highest BCUT2D eigenvalue weighted by Gasteiger charge is 2.15. The molecule has 18 heavy (non-hydrogen) atoms. The van der Waals surface area contributed by atoms with E-state index in [1.165, 1.54) is 19.5 Å². The van der Waals surface area contributed by atoms with E-state index >= 15 is 0 Å². The van der Waals surface area contributed by atoms with Gasteiger partial charge < -0.3 is 10.1 Å². The second-order valence-corrected chi connectivity index (χ2v) is 3.43. The lowest BCUT2D eigenvalue weighted by Gasteiger charge is -2.06. The Hall–Kier alpha value is -2.64. The quantitative estimate of drug-likeness (QED) is 0.611. The number of aromatic nitrogens is 3. The van der Waals surface area contributed by atoms with Gasteiger partial charge in [0.1, 0.15) is 23.6 Å². The molecule has 1 aromatic carbocycles. The maximum atomic E-state index is 10.9. The fourth-order valence-corrected chi connectivity index (χ4v) is 1.43. The van der Waals surface area contributed by atoms with Gasteiger partial charge in [-0.25, -0.2) is 4.98 Å². The zero-order valence-corrected chi connectivity index (χ0v) is 9.58. The minimum Gasteiger partial charge on any atom is -0.496 e. The zero-order chi connectivity index (χ0) is 13.0. The van der Waals surface area contributed by atoms with Crippen LogP contribution < -0.4 is 10.1 Å². The number of nitrogens with one attached hydrogen (secondary N) is 2. The molecule has 0 radical (unpaired) electrons. The van der Waals surface area contributed by atoms with Crippen molar-refractivity contribution in [3.63, 3.8) is 0 Å². The van der Waals surface area contributed by atoms with Crippen molar-refractivity contribution in [3.05, 3.63) is 40.5 Å². The number of nitro benzene ring substituents is 1. The fraction of sp³-hybridized carbons (Fsp3) is 0.200. The van der Waals surface area contributed by atoms with Crippen molar-refractivity contribution in [2.45, 2.75) is 6.54 Å². The topological polar surface area (TPSA) is 106 Å². The van der Waals surface area contributed by atoms with Crippen LogP contribution in [-0.2, 0) is 6.54 Å². The van der Waals surface area contributed by atoms with E-state index < -0.39 is 4.92 Å². The molecule has 0 aliphatic rings. The van der Waals surface area contributed by atoms with Gasteiger partial charge >= 0.3 is 0 Å². The highest BCUT2D eigenvalue weighted by Crippen LogP contribution is 2.28. The summed E-state index contributed by atoms with van der Waals surface area (Å²) in [5, 5.41) is 20.2. The minimum absolute atomic E-state index is 0.0473. The number of aromatic amines is 1. The van der Waals surface area contributed by atoms with Gasteiger partial charge in [0.25, 0.3) is 5.69 Å². The zero-order valence-electron chi connectivity index (χ0n) is 9.58. The third-order valence-electron chi connectivity index (χ3n) is 2.31. The Bertz CT molecular complexity index is 540. The van der Waals surface area contributed by atoms with Crippen molar-refractivity contribution in [2.24, 2.45) is 0 Å². The molecule has 0 saturated carbocycles. The Kier molecular flexibility index (Phi) is 3.37. The predicted molar refractivity (Wildman–Crippen MR) is 63.4 cm³/mol. The van der Waals surface area contributed by atoms with Crippen molar-refractivity contribution in [1.29, 1.82) is 0 Å². The van der Waals surface area contributed by atoms with Gasteiger partial charge in [0.15, 0.2) is 0 Å². The summed E-state index contributed by atoms with van der Waals surface area (Å²) in [4.78, 5) is 14.4. The number of rotatable bonds is 5. The van der Waals surface area contributed by atoms with Gasteiger partial charge in [-0.05, 0) is 12.1 Å². The summed E-state index contributed by atoms with van der Waals surface area (Å²) in [5.74, 6) is 1.03. The Balaban J connectivity index is 2.18. The first-order chi connectivity index (χ1) is 8.70. The summed E-state index contributed by atoms with van der Waals surface area (Å²) in [5.41, 5.74) is 0.353. The highest BCUT2D eigenvalue weighted by atomic mass is 16.6. The van der Waals surface area contributed by atoms with E-state index in [2.05, 4.69) is 20.5 Å². The first kappa shape index (κ1) is 11.8. The SMILES string of the molecule is COc1ccc(NCc2ncn[nH]2)c([N+](=O)[O-])c1. The first-order valence-corrected chi connectivity index (χ1v) is 5.11. The number of H-pyrrole nitrogens is 1. The van der Waals surface area contributed by atoms with Crippen molar-refractivity contribution in [2.75, 3.05) is 12.4 Å². The highest BCUT2D eigenvalue weighted by molar-refractivity contribution is 5.63. The van der Waals surface area contributed by atoms with E-state index in [4.69, 9.17) is 4.74 Å². The number of hydrogen-bond donors (Lipinski definition) is 2. The lowest BCUT2D eigenvalue weighted by Crippen LogP contribution is -2.04. The van der Waals surface area contributed by atoms with Gasteiger partial charge in [-0.3, -0.25) is 15.2 Å². The van der Waals surface area contributed by atoms with E-state index in [-0.39, 0.29) is 5.69 Å². The molecule has 2 rings (SSSR count). The molecule has 8 nitrogen and oxygen atoms in total. The largest absolute Gasteiger partial charge is 0.496 e. The second kappa shape index (κ2) is 5.13. The normalized spacial score (nSPS) is 10.1. The molecule has 0 unspecified atom stereocenters. The number of nitrogens with zero attached hydrogens (tertiary/aromatic N) is 3. The molecule has 2 aromatic rings. The van der Waals surface area contributed by atoms with Gasteiger partial charge in [0.05, 0.1) is 24.6 Å². The number of benzene rings is 1. The third-order valence-corrected chi connectivity index (χ3v) is 2.31. The van der Waals surface area contributed by atoms with Crippen molar-refractivity contribution >= 4 is 11.4 Å². The van der Waals surface area contributed by atoms with Crippen molar-refractivity contribution in [1.82, 2.24) is 15.2 Å². The summed E-state index contributed by atoms with van der Waals surface area (Å²) >= 11 is 0. The molecule has 1 heterocycles. The summed E-state index contributed by atoms with van der Waals surface area (Å²) in [6.45, 7) is 0.327. The lowest BCUT2D eigenvalue weighted by molar-refractivity contribution is -0.384. The number of methoxy groups -OCH3 is 1. The molecule has 0 fully saturated rings. The third kappa shape index (κ3) is 2.54. The van der Waals surface area contributed by atoms with Crippen LogP contribution in [-0.4, -0.2) is 27.2 Å². The number of nitro groups is 1. The molecular formula is C10H11N5O3. The second-order valence-electron chi connectivity index (χ2n) is 3.43. The molecule has 0 spiro atoms. The van der Waals surface area contributed by atoms with Gasteiger partial charge in [-0.15, -0.1) is 0 Å². The summed E-state index contributed by atoms with van der Waals surface area (Å²) in [6.07, 6.45) is 1.37. The summed E-state index contributed by atoms with van der Waals surface area (Å²) in [7, 11) is 1.46. The Labute approximate surface area is 102 Å². The molecule has 94 valence electrons. The average Bonchev–Trinajstić information content (AvgIpc) is 2.89. The van der Waals surface area contributed by atoms with Crippen LogP contribution in [0.25, 0.3) is 0 Å². The average molecular weight is 249 g/mol. The van der Waals surface area contributed by atoms with E-state index in [1.807, 2.05) is 0 Å². The Morgan fingerprint density at radius 1 is 1.56 bits per heavy atom. The van der Waals surface area contributed by atoms with Gasteiger partial charge in [-0.1, -0.05) is 0 Å². The van der Waals surface area contributed by atoms with Gasteiger partial charge in [0.2, 0.25) is 0 Å². The summed E-state index contributed by atoms with van der Waals surface area (Å²) < 4.78 is 4.95. The maximum absolute atomic E-state index is 10.9. The lowest BCUT2D eigenvalue weighted by atomic mass is 10.2. The van der Waals surface area contributed by atoms with Crippen LogP contribution in [0.1, 0.15) is 5.82 Å². The first-order valence-electron chi connectivity index (χ1n) is 5.11. The van der Waals surface area contributed by atoms with Crippen molar-refractivity contribution in [3.8, 4) is 5.75 Å². The van der Waals surface area contributed by atoms with E-state index in [1.54, 1.807) is 12.1 Å². The standard InChI is InChI=1S/C10H11N5O3/c1-18-7-2-3-8(9(4-7)15(16)17)11-5-10-12-6-13-14-10/h2-4,6,11H,5H2,1H3,(H,12,13,14). The molecule has 0 aliphatic heterocycles. The van der Waals surface area contributed by atoms with Crippen molar-refractivity contribution < 1.29 is 9.66 Å². The predicted octanol–water partition coefficient (Wildman–Crippen LogP) is 1.33. The smallest absolute Gasteiger partial charge is 0.296 e. The molecule has 8 heteroatoms. The molecule has 0 atom stereocenters. The van der Waals surface area contributed by atoms with Crippen LogP contribution in [0.4, 0.5) is 11.4 Å². The molecular weight excluding hydrogens is 238 g/mol. The van der Waals surface area contributed by atoms with Crippen LogP contribution >= 0.6 is 0 Å². The fourth-order valence-electron chi connectivity index (χ4n) is 1.43. The summed E-state index contributed by atoms with van der Waals surface area (Å²) in [6, 6.07) is 4.60.